The van der Waals surface area contributed by atoms with Gasteiger partial charge in [0.05, 0.1) is 18.4 Å². The van der Waals surface area contributed by atoms with Gasteiger partial charge >= 0.3 is 0 Å². The first-order valence-electron chi connectivity index (χ1n) is 4.16. The Kier molecular flexibility index (Phi) is 2.68. The fraction of sp³-hybridized carbons (Fsp3) is 0.222. The van der Waals surface area contributed by atoms with Crippen molar-refractivity contribution in [3.8, 4) is 0 Å². The molecule has 1 aromatic carbocycles. The maximum atomic E-state index is 13.3. The van der Waals surface area contributed by atoms with Crippen molar-refractivity contribution in [1.29, 1.82) is 0 Å². The molecule has 0 aliphatic rings. The highest BCUT2D eigenvalue weighted by Crippen LogP contribution is 2.22. The van der Waals surface area contributed by atoms with E-state index in [1.54, 1.807) is 6.07 Å². The molecule has 0 saturated carbocycles. The lowest BCUT2D eigenvalue weighted by molar-refractivity contribution is 0.128. The minimum atomic E-state index is -2.48. The zero-order valence-electron chi connectivity index (χ0n) is 7.42. The Balaban J connectivity index is 2.58. The van der Waals surface area contributed by atoms with Crippen LogP contribution >= 0.6 is 15.9 Å². The summed E-state index contributed by atoms with van der Waals surface area (Å²) in [6, 6.07) is 2.82. The van der Waals surface area contributed by atoms with Crippen LogP contribution in [0.2, 0.25) is 0 Å². The summed E-state index contributed by atoms with van der Waals surface area (Å²) in [5.41, 5.74) is 0.473. The molecule has 0 bridgehead atoms. The topological polar surface area (TPSA) is 17.8 Å². The van der Waals surface area contributed by atoms with Crippen LogP contribution in [0.3, 0.4) is 0 Å². The van der Waals surface area contributed by atoms with E-state index in [2.05, 4.69) is 20.9 Å². The number of hydrogen-bond acceptors (Lipinski definition) is 1. The van der Waals surface area contributed by atoms with E-state index in [0.717, 1.165) is 0 Å². The summed E-state index contributed by atoms with van der Waals surface area (Å²) in [4.78, 5) is 3.75. The van der Waals surface area contributed by atoms with Gasteiger partial charge in [0.1, 0.15) is 5.52 Å². The number of alkyl halides is 2. The molecule has 0 amide bonds. The van der Waals surface area contributed by atoms with Crippen LogP contribution in [0.25, 0.3) is 11.0 Å². The molecule has 0 N–H and O–H groups in total. The molecular weight excluding hydrogens is 273 g/mol. The molecule has 0 saturated heterocycles. The summed E-state index contributed by atoms with van der Waals surface area (Å²) in [5, 5.41) is 0. The van der Waals surface area contributed by atoms with E-state index in [-0.39, 0.29) is 5.52 Å². The maximum absolute atomic E-state index is 13.3. The Morgan fingerprint density at radius 1 is 1.40 bits per heavy atom. The minimum absolute atomic E-state index is 0.110. The average molecular weight is 279 g/mol. The molecule has 2 nitrogen and oxygen atoms in total. The van der Waals surface area contributed by atoms with Crippen LogP contribution in [-0.4, -0.2) is 16.0 Å². The third-order valence-electron chi connectivity index (χ3n) is 1.98. The summed E-state index contributed by atoms with van der Waals surface area (Å²) in [6.45, 7) is -0.480. The number of rotatable bonds is 2. The van der Waals surface area contributed by atoms with E-state index < -0.39 is 18.8 Å². The van der Waals surface area contributed by atoms with Gasteiger partial charge in [-0.1, -0.05) is 15.9 Å². The van der Waals surface area contributed by atoms with Crippen molar-refractivity contribution >= 4 is 27.0 Å². The number of imidazole rings is 1. The Hall–Kier alpha value is -1.04. The molecule has 1 aromatic heterocycles. The van der Waals surface area contributed by atoms with Gasteiger partial charge in [-0.05, 0) is 12.1 Å². The lowest BCUT2D eigenvalue weighted by atomic mass is 10.3. The third-order valence-corrected chi connectivity index (χ3v) is 2.44. The van der Waals surface area contributed by atoms with Gasteiger partial charge < -0.3 is 4.57 Å². The zero-order valence-corrected chi connectivity index (χ0v) is 9.01. The molecule has 0 atom stereocenters. The molecular formula is C9H6BrF3N2. The first-order chi connectivity index (χ1) is 7.08. The zero-order chi connectivity index (χ0) is 11.0. The summed E-state index contributed by atoms with van der Waals surface area (Å²) in [6.07, 6.45) is -1.27. The largest absolute Gasteiger partial charge is 0.325 e. The van der Waals surface area contributed by atoms with Crippen molar-refractivity contribution in [2.24, 2.45) is 0 Å². The van der Waals surface area contributed by atoms with Crippen LogP contribution in [0, 0.1) is 5.82 Å². The smallest absolute Gasteiger partial charge is 0.256 e. The second-order valence-electron chi connectivity index (χ2n) is 3.04. The Morgan fingerprint density at radius 2 is 2.13 bits per heavy atom. The van der Waals surface area contributed by atoms with Gasteiger partial charge in [-0.25, -0.2) is 18.2 Å². The van der Waals surface area contributed by atoms with Gasteiger partial charge in [0.2, 0.25) is 0 Å². The lowest BCUT2D eigenvalue weighted by Crippen LogP contribution is -2.04. The molecule has 0 fully saturated rings. The van der Waals surface area contributed by atoms with Crippen molar-refractivity contribution in [2.75, 3.05) is 0 Å². The molecule has 1 heterocycles. The minimum Gasteiger partial charge on any atom is -0.325 e. The van der Waals surface area contributed by atoms with E-state index >= 15 is 0 Å². The monoisotopic (exact) mass is 278 g/mol. The Bertz CT molecular complexity index is 495. The van der Waals surface area contributed by atoms with E-state index in [9.17, 15) is 13.2 Å². The van der Waals surface area contributed by atoms with Gasteiger partial charge in [-0.3, -0.25) is 0 Å². The predicted octanol–water partition coefficient (Wildman–Crippen LogP) is 3.20. The lowest BCUT2D eigenvalue weighted by Gasteiger charge is -2.03. The molecule has 15 heavy (non-hydrogen) atoms. The van der Waals surface area contributed by atoms with E-state index in [4.69, 9.17) is 0 Å². The number of fused-ring (bicyclic) bond motifs is 1. The van der Waals surface area contributed by atoms with Crippen LogP contribution in [0.4, 0.5) is 13.2 Å². The summed E-state index contributed by atoms with van der Waals surface area (Å²) in [7, 11) is 0. The number of aromatic nitrogens is 2. The van der Waals surface area contributed by atoms with Crippen LogP contribution < -0.4 is 0 Å². The van der Waals surface area contributed by atoms with Crippen molar-refractivity contribution in [1.82, 2.24) is 9.55 Å². The third kappa shape index (κ3) is 1.99. The molecule has 6 heteroatoms. The van der Waals surface area contributed by atoms with Gasteiger partial charge in [0, 0.05) is 4.47 Å². The van der Waals surface area contributed by atoms with Crippen molar-refractivity contribution < 1.29 is 13.2 Å². The number of halogens is 4. The van der Waals surface area contributed by atoms with Gasteiger partial charge in [0.15, 0.2) is 5.82 Å². The number of hydrogen-bond donors (Lipinski definition) is 0. The highest BCUT2D eigenvalue weighted by atomic mass is 79.9. The summed E-state index contributed by atoms with van der Waals surface area (Å²) < 4.78 is 39.4. The highest BCUT2D eigenvalue weighted by molar-refractivity contribution is 9.10. The van der Waals surface area contributed by atoms with E-state index in [1.807, 2.05) is 0 Å². The number of nitrogens with zero attached hydrogens (tertiary/aromatic N) is 2. The second-order valence-corrected chi connectivity index (χ2v) is 3.96. The molecule has 0 aliphatic heterocycles. The molecule has 2 rings (SSSR count). The Labute approximate surface area is 91.8 Å². The summed E-state index contributed by atoms with van der Waals surface area (Å²) in [5.74, 6) is -0.521. The quantitative estimate of drug-likeness (QED) is 0.825. The second kappa shape index (κ2) is 3.84. The average Bonchev–Trinajstić information content (AvgIpc) is 2.48. The van der Waals surface area contributed by atoms with Crippen molar-refractivity contribution in [3.63, 3.8) is 0 Å². The molecule has 2 aromatic rings. The van der Waals surface area contributed by atoms with Crippen LogP contribution in [0.15, 0.2) is 22.9 Å². The van der Waals surface area contributed by atoms with Crippen molar-refractivity contribution in [3.05, 3.63) is 28.7 Å². The van der Waals surface area contributed by atoms with Crippen LogP contribution in [0.5, 0.6) is 0 Å². The van der Waals surface area contributed by atoms with E-state index in [0.29, 0.717) is 9.99 Å². The highest BCUT2D eigenvalue weighted by Gasteiger charge is 2.11. The Morgan fingerprint density at radius 3 is 2.80 bits per heavy atom. The fourth-order valence-corrected chi connectivity index (χ4v) is 1.80. The predicted molar refractivity (Wildman–Crippen MR) is 53.4 cm³/mol. The first kappa shape index (κ1) is 10.5. The first-order valence-corrected chi connectivity index (χ1v) is 4.95. The fourth-order valence-electron chi connectivity index (χ4n) is 1.38. The normalized spacial score (nSPS) is 11.5. The molecule has 0 spiro atoms. The molecule has 0 radical (unpaired) electrons. The molecule has 0 aliphatic carbocycles. The molecule has 0 unspecified atom stereocenters. The summed E-state index contributed by atoms with van der Waals surface area (Å²) >= 11 is 3.10. The maximum Gasteiger partial charge on any atom is 0.256 e. The van der Waals surface area contributed by atoms with Gasteiger partial charge in [-0.15, -0.1) is 0 Å². The van der Waals surface area contributed by atoms with Crippen LogP contribution in [0.1, 0.15) is 0 Å². The number of benzene rings is 1. The van der Waals surface area contributed by atoms with Crippen LogP contribution in [-0.2, 0) is 6.54 Å². The van der Waals surface area contributed by atoms with E-state index in [1.165, 1.54) is 17.0 Å². The molecule has 80 valence electrons. The standard InChI is InChI=1S/C9H6BrF3N2/c10-5-1-6(11)9-7(2-5)15(4-14-9)3-8(12)13/h1-2,4,8H,3H2. The van der Waals surface area contributed by atoms with Gasteiger partial charge in [0.25, 0.3) is 6.43 Å². The van der Waals surface area contributed by atoms with Gasteiger partial charge in [-0.2, -0.15) is 0 Å². The van der Waals surface area contributed by atoms with Crippen molar-refractivity contribution in [2.45, 2.75) is 13.0 Å². The SMILES string of the molecule is Fc1cc(Br)cc2c1ncn2CC(F)F.